The highest BCUT2D eigenvalue weighted by Crippen LogP contribution is 2.21. The number of piperazine rings is 1. The molecule has 3 heteroatoms. The Labute approximate surface area is 105 Å². The molecular formula is C14H26N2O. The number of nitrogens with zero attached hydrogens (tertiary/aromatic N) is 2. The molecule has 1 saturated heterocycles. The van der Waals surface area contributed by atoms with Crippen LogP contribution in [0.3, 0.4) is 0 Å². The summed E-state index contributed by atoms with van der Waals surface area (Å²) in [6.07, 6.45) is 4.27. The number of hydrogen-bond acceptors (Lipinski definition) is 3. The van der Waals surface area contributed by atoms with Crippen LogP contribution < -0.4 is 0 Å². The lowest BCUT2D eigenvalue weighted by Gasteiger charge is -2.40. The summed E-state index contributed by atoms with van der Waals surface area (Å²) in [5.41, 5.74) is 0. The van der Waals surface area contributed by atoms with E-state index in [9.17, 15) is 4.79 Å². The molecule has 1 atom stereocenters. The molecule has 3 nitrogen and oxygen atoms in total. The minimum Gasteiger partial charge on any atom is -0.301 e. The van der Waals surface area contributed by atoms with Gasteiger partial charge in [-0.2, -0.15) is 0 Å². The van der Waals surface area contributed by atoms with Gasteiger partial charge in [-0.25, -0.2) is 0 Å². The van der Waals surface area contributed by atoms with Gasteiger partial charge in [-0.15, -0.1) is 0 Å². The predicted octanol–water partition coefficient (Wildman–Crippen LogP) is 1.77. The van der Waals surface area contributed by atoms with Crippen LogP contribution in [0, 0.1) is 5.92 Å². The standard InChI is InChI=1S/C14H26N2O/c1-12(2)11-15-7-9-16(10-8-15)13-5-3-4-6-14(13)17/h12-13H,3-11H2,1-2H3. The minimum absolute atomic E-state index is 0.255. The summed E-state index contributed by atoms with van der Waals surface area (Å²) in [6.45, 7) is 10.2. The molecule has 0 aromatic rings. The second-order valence-corrected chi connectivity index (χ2v) is 5.96. The predicted molar refractivity (Wildman–Crippen MR) is 70.1 cm³/mol. The van der Waals surface area contributed by atoms with Gasteiger partial charge in [0.1, 0.15) is 5.78 Å². The Hall–Kier alpha value is -0.410. The summed E-state index contributed by atoms with van der Waals surface area (Å²) in [5, 5.41) is 0. The Balaban J connectivity index is 1.80. The molecule has 0 radical (unpaired) electrons. The van der Waals surface area contributed by atoms with Crippen LogP contribution in [0.5, 0.6) is 0 Å². The lowest BCUT2D eigenvalue weighted by molar-refractivity contribution is -0.127. The normalized spacial score (nSPS) is 28.9. The fourth-order valence-corrected chi connectivity index (χ4v) is 3.12. The molecule has 2 aliphatic rings. The van der Waals surface area contributed by atoms with Crippen molar-refractivity contribution in [1.29, 1.82) is 0 Å². The lowest BCUT2D eigenvalue weighted by atomic mass is 9.92. The smallest absolute Gasteiger partial charge is 0.149 e. The van der Waals surface area contributed by atoms with E-state index in [2.05, 4.69) is 23.6 Å². The molecule has 1 saturated carbocycles. The Morgan fingerprint density at radius 3 is 2.47 bits per heavy atom. The lowest BCUT2D eigenvalue weighted by Crippen LogP contribution is -2.53. The first-order chi connectivity index (χ1) is 8.16. The molecule has 1 unspecified atom stereocenters. The zero-order chi connectivity index (χ0) is 12.3. The van der Waals surface area contributed by atoms with Crippen LogP contribution in [0.25, 0.3) is 0 Å². The molecule has 0 aromatic heterocycles. The van der Waals surface area contributed by atoms with Gasteiger partial charge in [0.25, 0.3) is 0 Å². The number of ketones is 1. The molecule has 2 fully saturated rings. The van der Waals surface area contributed by atoms with Crippen molar-refractivity contribution in [3.63, 3.8) is 0 Å². The van der Waals surface area contributed by atoms with Crippen LogP contribution in [-0.4, -0.2) is 54.3 Å². The maximum absolute atomic E-state index is 11.9. The van der Waals surface area contributed by atoms with Crippen LogP contribution in [0.2, 0.25) is 0 Å². The summed E-state index contributed by atoms with van der Waals surface area (Å²) < 4.78 is 0. The fourth-order valence-electron chi connectivity index (χ4n) is 3.12. The third-order valence-electron chi connectivity index (χ3n) is 3.99. The highest BCUT2D eigenvalue weighted by Gasteiger charge is 2.30. The summed E-state index contributed by atoms with van der Waals surface area (Å²) in [4.78, 5) is 16.9. The molecule has 17 heavy (non-hydrogen) atoms. The van der Waals surface area contributed by atoms with E-state index in [1.165, 1.54) is 13.0 Å². The van der Waals surface area contributed by atoms with Gasteiger partial charge in [0.2, 0.25) is 0 Å². The van der Waals surface area contributed by atoms with Crippen LogP contribution in [0.4, 0.5) is 0 Å². The fraction of sp³-hybridized carbons (Fsp3) is 0.929. The van der Waals surface area contributed by atoms with Crippen molar-refractivity contribution in [3.05, 3.63) is 0 Å². The van der Waals surface area contributed by atoms with Gasteiger partial charge in [-0.1, -0.05) is 20.3 Å². The summed E-state index contributed by atoms with van der Waals surface area (Å²) in [6, 6.07) is 0.255. The molecule has 0 amide bonds. The molecule has 0 bridgehead atoms. The quantitative estimate of drug-likeness (QED) is 0.748. The van der Waals surface area contributed by atoms with Crippen molar-refractivity contribution in [3.8, 4) is 0 Å². The molecule has 1 aliphatic carbocycles. The van der Waals surface area contributed by atoms with Crippen LogP contribution >= 0.6 is 0 Å². The zero-order valence-corrected chi connectivity index (χ0v) is 11.3. The second kappa shape index (κ2) is 5.96. The van der Waals surface area contributed by atoms with E-state index in [1.807, 2.05) is 0 Å². The molecule has 2 rings (SSSR count). The Kier molecular flexibility index (Phi) is 4.57. The third kappa shape index (κ3) is 3.52. The first kappa shape index (κ1) is 13.0. The van der Waals surface area contributed by atoms with Crippen LogP contribution in [0.15, 0.2) is 0 Å². The first-order valence-electron chi connectivity index (χ1n) is 7.16. The molecule has 0 N–H and O–H groups in total. The highest BCUT2D eigenvalue weighted by atomic mass is 16.1. The Morgan fingerprint density at radius 1 is 1.18 bits per heavy atom. The van der Waals surface area contributed by atoms with E-state index in [4.69, 9.17) is 0 Å². The summed E-state index contributed by atoms with van der Waals surface area (Å²) in [5.74, 6) is 1.24. The highest BCUT2D eigenvalue weighted by molar-refractivity contribution is 5.84. The second-order valence-electron chi connectivity index (χ2n) is 5.96. The first-order valence-corrected chi connectivity index (χ1v) is 7.16. The molecular weight excluding hydrogens is 212 g/mol. The molecule has 98 valence electrons. The maximum Gasteiger partial charge on any atom is 0.149 e. The molecule has 0 aromatic carbocycles. The van der Waals surface area contributed by atoms with Crippen molar-refractivity contribution in [1.82, 2.24) is 9.80 Å². The van der Waals surface area contributed by atoms with E-state index in [-0.39, 0.29) is 6.04 Å². The number of carbonyl (C=O) groups excluding carboxylic acids is 1. The minimum atomic E-state index is 0.255. The monoisotopic (exact) mass is 238 g/mol. The van der Waals surface area contributed by atoms with Gasteiger partial charge < -0.3 is 4.90 Å². The number of Topliss-reactive ketones (excluding diaryl/α,β-unsaturated/α-hetero) is 1. The van der Waals surface area contributed by atoms with Crippen molar-refractivity contribution in [2.24, 2.45) is 5.92 Å². The van der Waals surface area contributed by atoms with Gasteiger partial charge >= 0.3 is 0 Å². The topological polar surface area (TPSA) is 23.6 Å². The largest absolute Gasteiger partial charge is 0.301 e. The zero-order valence-electron chi connectivity index (χ0n) is 11.3. The van der Waals surface area contributed by atoms with E-state index in [1.54, 1.807) is 0 Å². The Bertz CT molecular complexity index is 257. The SMILES string of the molecule is CC(C)CN1CCN(C2CCCCC2=O)CC1. The Morgan fingerprint density at radius 2 is 1.88 bits per heavy atom. The van der Waals surface area contributed by atoms with Gasteiger partial charge in [-0.05, 0) is 18.8 Å². The van der Waals surface area contributed by atoms with E-state index >= 15 is 0 Å². The van der Waals surface area contributed by atoms with E-state index < -0.39 is 0 Å². The number of hydrogen-bond donors (Lipinski definition) is 0. The van der Waals surface area contributed by atoms with Crippen molar-refractivity contribution < 1.29 is 4.79 Å². The number of rotatable bonds is 3. The maximum atomic E-state index is 11.9. The molecule has 1 heterocycles. The summed E-state index contributed by atoms with van der Waals surface area (Å²) in [7, 11) is 0. The van der Waals surface area contributed by atoms with Gasteiger partial charge in [0, 0.05) is 39.1 Å². The van der Waals surface area contributed by atoms with Gasteiger partial charge in [-0.3, -0.25) is 9.69 Å². The van der Waals surface area contributed by atoms with Gasteiger partial charge in [0.05, 0.1) is 6.04 Å². The molecule has 0 spiro atoms. The summed E-state index contributed by atoms with van der Waals surface area (Å²) >= 11 is 0. The van der Waals surface area contributed by atoms with Crippen molar-refractivity contribution in [2.75, 3.05) is 32.7 Å². The van der Waals surface area contributed by atoms with Crippen molar-refractivity contribution >= 4 is 5.78 Å². The average Bonchev–Trinajstić information content (AvgIpc) is 2.30. The third-order valence-corrected chi connectivity index (χ3v) is 3.99. The van der Waals surface area contributed by atoms with E-state index in [0.29, 0.717) is 5.78 Å². The van der Waals surface area contributed by atoms with E-state index in [0.717, 1.165) is 51.4 Å². The van der Waals surface area contributed by atoms with Crippen molar-refractivity contribution in [2.45, 2.75) is 45.6 Å². The average molecular weight is 238 g/mol. The molecule has 1 aliphatic heterocycles. The van der Waals surface area contributed by atoms with Gasteiger partial charge in [0.15, 0.2) is 0 Å². The number of carbonyl (C=O) groups is 1. The van der Waals surface area contributed by atoms with Crippen LogP contribution in [-0.2, 0) is 4.79 Å². The van der Waals surface area contributed by atoms with Crippen LogP contribution in [0.1, 0.15) is 39.5 Å².